The molecule has 0 aliphatic carbocycles. The molecule has 0 amide bonds. The molecule has 216 valence electrons. The molecule has 0 aliphatic rings. The maximum atomic E-state index is 6.36. The van der Waals surface area contributed by atoms with E-state index in [1.165, 1.54) is 32.7 Å². The van der Waals surface area contributed by atoms with Gasteiger partial charge in [-0.05, 0) is 86.8 Å². The van der Waals surface area contributed by atoms with Crippen LogP contribution in [0.1, 0.15) is 0 Å². The second-order valence-electron chi connectivity index (χ2n) is 11.8. The van der Waals surface area contributed by atoms with Crippen LogP contribution < -0.4 is 4.90 Å². The summed E-state index contributed by atoms with van der Waals surface area (Å²) in [5, 5.41) is 7.16. The van der Waals surface area contributed by atoms with Gasteiger partial charge in [0, 0.05) is 33.8 Å². The van der Waals surface area contributed by atoms with Crippen LogP contribution in [0.4, 0.5) is 17.1 Å². The van der Waals surface area contributed by atoms with Crippen molar-refractivity contribution in [2.75, 3.05) is 4.90 Å². The smallest absolute Gasteiger partial charge is 0.137 e. The Balaban J connectivity index is 1.23. The van der Waals surface area contributed by atoms with Crippen LogP contribution in [-0.2, 0) is 0 Å². The maximum absolute atomic E-state index is 6.36. The first-order valence-corrected chi connectivity index (χ1v) is 15.7. The van der Waals surface area contributed by atoms with Gasteiger partial charge in [0.15, 0.2) is 0 Å². The van der Waals surface area contributed by atoms with E-state index in [1.807, 2.05) is 12.1 Å². The minimum atomic E-state index is 0.877. The Morgan fingerprint density at radius 3 is 1.76 bits per heavy atom. The predicted octanol–water partition coefficient (Wildman–Crippen LogP) is 12.7. The number of hydrogen-bond acceptors (Lipinski definition) is 2. The standard InChI is InChI=1S/C44H29NO/c1-2-14-37(15-3-1)45(38-24-25-40-39-16-8-9-17-43(39)46-44(40)29-38)42-28-35-13-7-6-12-34(35)27-41(42)32-21-18-31(19-22-32)36-23-20-30-10-4-5-11-33(30)26-36/h1-29H. The molecule has 0 saturated heterocycles. The van der Waals surface area contributed by atoms with E-state index in [4.69, 9.17) is 4.42 Å². The number of para-hydroxylation sites is 2. The first-order chi connectivity index (χ1) is 22.8. The summed E-state index contributed by atoms with van der Waals surface area (Å²) in [6.07, 6.45) is 0. The monoisotopic (exact) mass is 587 g/mol. The highest BCUT2D eigenvalue weighted by molar-refractivity contribution is 6.07. The molecular formula is C44H29NO. The van der Waals surface area contributed by atoms with Crippen molar-refractivity contribution >= 4 is 60.5 Å². The van der Waals surface area contributed by atoms with Crippen LogP contribution in [0, 0.1) is 0 Å². The Bertz CT molecular complexity index is 2530. The topological polar surface area (TPSA) is 16.4 Å². The lowest BCUT2D eigenvalue weighted by Gasteiger charge is -2.28. The van der Waals surface area contributed by atoms with E-state index in [1.54, 1.807) is 0 Å². The van der Waals surface area contributed by atoms with Crippen LogP contribution in [0.5, 0.6) is 0 Å². The molecule has 0 unspecified atom stereocenters. The van der Waals surface area contributed by atoms with Gasteiger partial charge in [-0.15, -0.1) is 0 Å². The second-order valence-corrected chi connectivity index (χ2v) is 11.8. The van der Waals surface area contributed by atoms with E-state index in [9.17, 15) is 0 Å². The number of anilines is 3. The fraction of sp³-hybridized carbons (Fsp3) is 0. The highest BCUT2D eigenvalue weighted by Crippen LogP contribution is 2.44. The molecule has 0 saturated carbocycles. The van der Waals surface area contributed by atoms with Crippen molar-refractivity contribution in [1.82, 2.24) is 0 Å². The normalized spacial score (nSPS) is 11.5. The Hall–Kier alpha value is -6.12. The fourth-order valence-electron chi connectivity index (χ4n) is 6.71. The first-order valence-electron chi connectivity index (χ1n) is 15.7. The molecule has 0 N–H and O–H groups in total. The zero-order valence-corrected chi connectivity index (χ0v) is 25.1. The molecule has 0 aliphatic heterocycles. The van der Waals surface area contributed by atoms with Crippen molar-refractivity contribution in [2.24, 2.45) is 0 Å². The molecule has 0 bridgehead atoms. The van der Waals surface area contributed by atoms with Gasteiger partial charge in [-0.3, -0.25) is 0 Å². The van der Waals surface area contributed by atoms with Crippen molar-refractivity contribution in [3.05, 3.63) is 176 Å². The predicted molar refractivity (Wildman–Crippen MR) is 194 cm³/mol. The van der Waals surface area contributed by atoms with Crippen LogP contribution in [0.3, 0.4) is 0 Å². The fourth-order valence-corrected chi connectivity index (χ4v) is 6.71. The number of rotatable bonds is 5. The molecule has 8 aromatic carbocycles. The highest BCUT2D eigenvalue weighted by atomic mass is 16.3. The van der Waals surface area contributed by atoms with Crippen molar-refractivity contribution in [3.63, 3.8) is 0 Å². The molecule has 0 atom stereocenters. The zero-order valence-electron chi connectivity index (χ0n) is 25.1. The van der Waals surface area contributed by atoms with Crippen LogP contribution in [0.25, 0.3) is 65.7 Å². The number of furan rings is 1. The number of nitrogens with zero attached hydrogens (tertiary/aromatic N) is 1. The zero-order chi connectivity index (χ0) is 30.5. The van der Waals surface area contributed by atoms with Gasteiger partial charge < -0.3 is 9.32 Å². The molecule has 1 heterocycles. The van der Waals surface area contributed by atoms with Crippen LogP contribution in [0.15, 0.2) is 180 Å². The highest BCUT2D eigenvalue weighted by Gasteiger charge is 2.20. The largest absolute Gasteiger partial charge is 0.456 e. The van der Waals surface area contributed by atoms with Gasteiger partial charge in [0.05, 0.1) is 5.69 Å². The molecule has 0 spiro atoms. The summed E-state index contributed by atoms with van der Waals surface area (Å²) in [6, 6.07) is 62.9. The SMILES string of the molecule is c1ccc(N(c2ccc3c(c2)oc2ccccc23)c2cc3ccccc3cc2-c2ccc(-c3ccc4ccccc4c3)cc2)cc1. The van der Waals surface area contributed by atoms with E-state index < -0.39 is 0 Å². The molecular weight excluding hydrogens is 558 g/mol. The third-order valence-corrected chi connectivity index (χ3v) is 9.02. The summed E-state index contributed by atoms with van der Waals surface area (Å²) in [5.74, 6) is 0. The Morgan fingerprint density at radius 1 is 0.348 bits per heavy atom. The lowest BCUT2D eigenvalue weighted by molar-refractivity contribution is 0.669. The molecule has 1 aromatic heterocycles. The summed E-state index contributed by atoms with van der Waals surface area (Å²) in [4.78, 5) is 2.35. The van der Waals surface area contributed by atoms with Crippen molar-refractivity contribution in [3.8, 4) is 22.3 Å². The third kappa shape index (κ3) is 4.51. The van der Waals surface area contributed by atoms with Crippen LogP contribution >= 0.6 is 0 Å². The lowest BCUT2D eigenvalue weighted by Crippen LogP contribution is -2.11. The molecule has 46 heavy (non-hydrogen) atoms. The molecule has 9 aromatic rings. The van der Waals surface area contributed by atoms with Gasteiger partial charge >= 0.3 is 0 Å². The molecule has 2 nitrogen and oxygen atoms in total. The summed E-state index contributed by atoms with van der Waals surface area (Å²) in [6.45, 7) is 0. The molecule has 9 rings (SSSR count). The minimum Gasteiger partial charge on any atom is -0.456 e. The van der Waals surface area contributed by atoms with E-state index in [0.29, 0.717) is 0 Å². The van der Waals surface area contributed by atoms with Gasteiger partial charge in [0.1, 0.15) is 11.2 Å². The lowest BCUT2D eigenvalue weighted by atomic mass is 9.95. The van der Waals surface area contributed by atoms with Crippen LogP contribution in [0.2, 0.25) is 0 Å². The van der Waals surface area contributed by atoms with Gasteiger partial charge in [-0.2, -0.15) is 0 Å². The average molecular weight is 588 g/mol. The number of benzene rings is 8. The van der Waals surface area contributed by atoms with E-state index in [0.717, 1.165) is 50.1 Å². The molecule has 0 fully saturated rings. The van der Waals surface area contributed by atoms with Crippen LogP contribution in [-0.4, -0.2) is 0 Å². The van der Waals surface area contributed by atoms with E-state index >= 15 is 0 Å². The van der Waals surface area contributed by atoms with E-state index in [-0.39, 0.29) is 0 Å². The number of fused-ring (bicyclic) bond motifs is 5. The van der Waals surface area contributed by atoms with Gasteiger partial charge in [-0.25, -0.2) is 0 Å². The molecule has 2 heteroatoms. The summed E-state index contributed by atoms with van der Waals surface area (Å²) >= 11 is 0. The van der Waals surface area contributed by atoms with Gasteiger partial charge in [0.2, 0.25) is 0 Å². The van der Waals surface area contributed by atoms with Crippen molar-refractivity contribution < 1.29 is 4.42 Å². The Morgan fingerprint density at radius 2 is 0.957 bits per heavy atom. The minimum absolute atomic E-state index is 0.877. The first kappa shape index (κ1) is 26.3. The Kier molecular flexibility index (Phi) is 6.17. The van der Waals surface area contributed by atoms with Gasteiger partial charge in [-0.1, -0.05) is 121 Å². The van der Waals surface area contributed by atoms with E-state index in [2.05, 4.69) is 169 Å². The average Bonchev–Trinajstić information content (AvgIpc) is 3.50. The van der Waals surface area contributed by atoms with Gasteiger partial charge in [0.25, 0.3) is 0 Å². The van der Waals surface area contributed by atoms with Crippen molar-refractivity contribution in [2.45, 2.75) is 0 Å². The maximum Gasteiger partial charge on any atom is 0.137 e. The molecule has 0 radical (unpaired) electrons. The number of hydrogen-bond donors (Lipinski definition) is 0. The third-order valence-electron chi connectivity index (χ3n) is 9.02. The Labute approximate surface area is 267 Å². The summed E-state index contributed by atoms with van der Waals surface area (Å²) < 4.78 is 6.36. The quantitative estimate of drug-likeness (QED) is 0.199. The summed E-state index contributed by atoms with van der Waals surface area (Å²) in [5.41, 5.74) is 9.76. The second kappa shape index (κ2) is 10.8. The summed E-state index contributed by atoms with van der Waals surface area (Å²) in [7, 11) is 0. The van der Waals surface area contributed by atoms with Crippen molar-refractivity contribution in [1.29, 1.82) is 0 Å².